The molecule has 0 amide bonds. The smallest absolute Gasteiger partial charge is 0.207 e. The average molecular weight is 337 g/mol. The summed E-state index contributed by atoms with van der Waals surface area (Å²) in [6, 6.07) is 15.0. The van der Waals surface area contributed by atoms with Crippen molar-refractivity contribution in [2.45, 2.75) is 40.2 Å². The lowest BCUT2D eigenvalue weighted by Crippen LogP contribution is -2.27. The summed E-state index contributed by atoms with van der Waals surface area (Å²) in [7, 11) is 0. The van der Waals surface area contributed by atoms with E-state index < -0.39 is 0 Å². The first-order valence-corrected chi connectivity index (χ1v) is 9.16. The molecule has 0 saturated heterocycles. The van der Waals surface area contributed by atoms with Crippen molar-refractivity contribution in [1.82, 2.24) is 4.98 Å². The third-order valence-electron chi connectivity index (χ3n) is 4.24. The van der Waals surface area contributed by atoms with E-state index in [9.17, 15) is 0 Å². The molecule has 1 atom stereocenters. The molecule has 0 N–H and O–H groups in total. The van der Waals surface area contributed by atoms with Crippen LogP contribution in [-0.2, 0) is 0 Å². The summed E-state index contributed by atoms with van der Waals surface area (Å²) in [5.41, 5.74) is 4.67. The quantitative estimate of drug-likeness (QED) is 0.451. The molecule has 4 heteroatoms. The van der Waals surface area contributed by atoms with Gasteiger partial charge in [-0.05, 0) is 50.5 Å². The zero-order valence-corrected chi connectivity index (χ0v) is 15.5. The number of aromatic nitrogens is 1. The maximum Gasteiger partial charge on any atom is 0.207 e. The summed E-state index contributed by atoms with van der Waals surface area (Å²) in [6.07, 6.45) is 2.97. The van der Waals surface area contributed by atoms with Crippen LogP contribution in [0.4, 0.5) is 5.13 Å². The molecular formula is C20H23N3S. The molecule has 1 unspecified atom stereocenters. The molecule has 1 aromatic heterocycles. The number of rotatable bonds is 5. The number of nitrogens with zero attached hydrogens (tertiary/aromatic N) is 3. The molecule has 3 rings (SSSR count). The summed E-state index contributed by atoms with van der Waals surface area (Å²) in [4.78, 5) is 4.77. The Labute approximate surface area is 147 Å². The van der Waals surface area contributed by atoms with E-state index in [2.05, 4.69) is 64.1 Å². The number of aryl methyl sites for hydroxylation is 2. The second kappa shape index (κ2) is 7.14. The molecule has 0 spiro atoms. The summed E-state index contributed by atoms with van der Waals surface area (Å²) >= 11 is 1.69. The Morgan fingerprint density at radius 3 is 2.75 bits per heavy atom. The summed E-state index contributed by atoms with van der Waals surface area (Å²) < 4.78 is 1.20. The van der Waals surface area contributed by atoms with Crippen LogP contribution in [0.5, 0.6) is 0 Å². The largest absolute Gasteiger partial charge is 0.236 e. The van der Waals surface area contributed by atoms with E-state index in [-0.39, 0.29) is 0 Å². The molecule has 3 nitrogen and oxygen atoms in total. The third-order valence-corrected chi connectivity index (χ3v) is 5.27. The van der Waals surface area contributed by atoms with Crippen LogP contribution in [0.15, 0.2) is 47.6 Å². The molecule has 124 valence electrons. The highest BCUT2D eigenvalue weighted by molar-refractivity contribution is 7.22. The minimum Gasteiger partial charge on any atom is -0.236 e. The van der Waals surface area contributed by atoms with Gasteiger partial charge in [0.15, 0.2) is 0 Å². The predicted octanol–water partition coefficient (Wildman–Crippen LogP) is 5.55. The van der Waals surface area contributed by atoms with Gasteiger partial charge in [0.1, 0.15) is 0 Å². The lowest BCUT2D eigenvalue weighted by atomic mass is 10.1. The van der Waals surface area contributed by atoms with Crippen molar-refractivity contribution in [1.29, 1.82) is 0 Å². The highest BCUT2D eigenvalue weighted by atomic mass is 32.1. The van der Waals surface area contributed by atoms with Crippen LogP contribution in [0.25, 0.3) is 10.2 Å². The van der Waals surface area contributed by atoms with Crippen LogP contribution in [0.1, 0.15) is 37.0 Å². The molecule has 2 aromatic carbocycles. The summed E-state index contributed by atoms with van der Waals surface area (Å²) in [5, 5.41) is 7.79. The maximum absolute atomic E-state index is 4.79. The second-order valence-corrected chi connectivity index (χ2v) is 7.18. The third kappa shape index (κ3) is 3.49. The van der Waals surface area contributed by atoms with Crippen molar-refractivity contribution in [2.24, 2.45) is 5.10 Å². The van der Waals surface area contributed by atoms with Crippen molar-refractivity contribution in [3.63, 3.8) is 0 Å². The predicted molar refractivity (Wildman–Crippen MR) is 105 cm³/mol. The van der Waals surface area contributed by atoms with Gasteiger partial charge in [-0.25, -0.2) is 9.99 Å². The molecule has 0 fully saturated rings. The highest BCUT2D eigenvalue weighted by Gasteiger charge is 2.16. The minimum absolute atomic E-state index is 0.298. The van der Waals surface area contributed by atoms with Gasteiger partial charge in [-0.1, -0.05) is 54.2 Å². The lowest BCUT2D eigenvalue weighted by molar-refractivity contribution is 0.635. The van der Waals surface area contributed by atoms with Gasteiger partial charge in [0.05, 0.1) is 22.5 Å². The standard InChI is InChI=1S/C20H23N3S/c1-5-16(4)23(20-22-18-8-6-7-9-19(18)24-20)21-13-17-12-14(2)10-11-15(17)3/h6-13,16H,5H2,1-4H3/b21-13+. The van der Waals surface area contributed by atoms with Crippen molar-refractivity contribution in [2.75, 3.05) is 5.01 Å². The molecule has 3 aromatic rings. The monoisotopic (exact) mass is 337 g/mol. The molecule has 0 radical (unpaired) electrons. The van der Waals surface area contributed by atoms with Crippen LogP contribution in [0.3, 0.4) is 0 Å². The summed E-state index contributed by atoms with van der Waals surface area (Å²) in [5.74, 6) is 0. The van der Waals surface area contributed by atoms with Gasteiger partial charge < -0.3 is 0 Å². The maximum atomic E-state index is 4.79. The van der Waals surface area contributed by atoms with Gasteiger partial charge in [0.2, 0.25) is 5.13 Å². The number of hydrogen-bond donors (Lipinski definition) is 0. The van der Waals surface area contributed by atoms with E-state index >= 15 is 0 Å². The van der Waals surface area contributed by atoms with Crippen molar-refractivity contribution < 1.29 is 0 Å². The summed E-state index contributed by atoms with van der Waals surface area (Å²) in [6.45, 7) is 8.59. The van der Waals surface area contributed by atoms with Crippen molar-refractivity contribution in [3.8, 4) is 0 Å². The van der Waals surface area contributed by atoms with Gasteiger partial charge >= 0.3 is 0 Å². The number of thiazole rings is 1. The van der Waals surface area contributed by atoms with E-state index in [1.54, 1.807) is 11.3 Å². The topological polar surface area (TPSA) is 28.5 Å². The number of anilines is 1. The van der Waals surface area contributed by atoms with E-state index in [1.165, 1.54) is 15.8 Å². The van der Waals surface area contributed by atoms with Crippen LogP contribution in [0, 0.1) is 13.8 Å². The van der Waals surface area contributed by atoms with Gasteiger partial charge in [0, 0.05) is 0 Å². The number of hydrazone groups is 1. The number of fused-ring (bicyclic) bond motifs is 1. The van der Waals surface area contributed by atoms with Gasteiger partial charge in [-0.15, -0.1) is 0 Å². The van der Waals surface area contributed by atoms with Crippen LogP contribution >= 0.6 is 11.3 Å². The second-order valence-electron chi connectivity index (χ2n) is 6.17. The Balaban J connectivity index is 1.97. The Bertz CT molecular complexity index is 833. The molecule has 0 saturated carbocycles. The molecular weight excluding hydrogens is 314 g/mol. The van der Waals surface area contributed by atoms with Crippen molar-refractivity contribution in [3.05, 3.63) is 59.2 Å². The fourth-order valence-corrected chi connectivity index (χ4v) is 3.53. The van der Waals surface area contributed by atoms with Crippen LogP contribution < -0.4 is 5.01 Å². The van der Waals surface area contributed by atoms with Gasteiger partial charge in [-0.2, -0.15) is 5.10 Å². The Hall–Kier alpha value is -2.20. The number of hydrogen-bond acceptors (Lipinski definition) is 4. The highest BCUT2D eigenvalue weighted by Crippen LogP contribution is 2.30. The SMILES string of the molecule is CCC(C)N(/N=C/c1cc(C)ccc1C)c1nc2ccccc2s1. The normalized spacial score (nSPS) is 12.8. The molecule has 0 aliphatic carbocycles. The van der Waals surface area contributed by atoms with E-state index in [0.29, 0.717) is 6.04 Å². The molecule has 1 heterocycles. The van der Waals surface area contributed by atoms with E-state index in [0.717, 1.165) is 22.6 Å². The number of benzene rings is 2. The first-order chi connectivity index (χ1) is 11.6. The van der Waals surface area contributed by atoms with Gasteiger partial charge in [-0.3, -0.25) is 0 Å². The zero-order chi connectivity index (χ0) is 17.1. The van der Waals surface area contributed by atoms with E-state index in [1.807, 2.05) is 17.3 Å². The Kier molecular flexibility index (Phi) is 4.95. The molecule has 0 bridgehead atoms. The lowest BCUT2D eigenvalue weighted by Gasteiger charge is -2.22. The Morgan fingerprint density at radius 2 is 2.00 bits per heavy atom. The zero-order valence-electron chi connectivity index (χ0n) is 14.7. The van der Waals surface area contributed by atoms with Crippen LogP contribution in [-0.4, -0.2) is 17.2 Å². The molecule has 0 aliphatic heterocycles. The number of para-hydroxylation sites is 1. The first kappa shape index (κ1) is 16.7. The molecule has 24 heavy (non-hydrogen) atoms. The van der Waals surface area contributed by atoms with Crippen molar-refractivity contribution >= 4 is 32.9 Å². The van der Waals surface area contributed by atoms with E-state index in [4.69, 9.17) is 10.1 Å². The van der Waals surface area contributed by atoms with Gasteiger partial charge in [0.25, 0.3) is 0 Å². The first-order valence-electron chi connectivity index (χ1n) is 8.34. The Morgan fingerprint density at radius 1 is 1.21 bits per heavy atom. The fourth-order valence-electron chi connectivity index (χ4n) is 2.51. The fraction of sp³-hybridized carbons (Fsp3) is 0.300. The molecule has 0 aliphatic rings. The minimum atomic E-state index is 0.298. The van der Waals surface area contributed by atoms with Crippen LogP contribution in [0.2, 0.25) is 0 Å². The average Bonchev–Trinajstić information content (AvgIpc) is 3.01.